The Hall–Kier alpha value is -4.62. The molecule has 0 spiro atoms. The number of nitrogens with zero attached hydrogens (tertiary/aromatic N) is 7. The summed E-state index contributed by atoms with van der Waals surface area (Å²) in [6, 6.07) is 4.51. The molecular formula is C22H22N10O4. The largest absolute Gasteiger partial charge is 0.367 e. The second-order valence-electron chi connectivity index (χ2n) is 9.11. The molecule has 14 heteroatoms. The number of hydrogen-bond acceptors (Lipinski definition) is 9. The molecule has 184 valence electrons. The number of rotatable bonds is 4. The van der Waals surface area contributed by atoms with Crippen molar-refractivity contribution in [2.75, 3.05) is 18.8 Å². The number of imide groups is 1. The zero-order chi connectivity index (χ0) is 25.0. The first-order valence-corrected chi connectivity index (χ1v) is 11.5. The summed E-state index contributed by atoms with van der Waals surface area (Å²) in [5.41, 5.74) is 7.65. The lowest BCUT2D eigenvalue weighted by Crippen LogP contribution is -2.52. The Morgan fingerprint density at radius 1 is 1.17 bits per heavy atom. The molecule has 6 rings (SSSR count). The van der Waals surface area contributed by atoms with Gasteiger partial charge in [-0.15, -0.1) is 10.2 Å². The molecule has 1 aromatic carbocycles. The number of aromatic amines is 1. The predicted octanol–water partition coefficient (Wildman–Crippen LogP) is -0.642. The first-order valence-electron chi connectivity index (χ1n) is 11.5. The monoisotopic (exact) mass is 490 g/mol. The lowest BCUT2D eigenvalue weighted by molar-refractivity contribution is -0.136. The van der Waals surface area contributed by atoms with Gasteiger partial charge in [0.25, 0.3) is 11.8 Å². The fourth-order valence-electron chi connectivity index (χ4n) is 4.99. The zero-order valence-electron chi connectivity index (χ0n) is 19.0. The van der Waals surface area contributed by atoms with Crippen LogP contribution in [0.5, 0.6) is 0 Å². The molecule has 2 unspecified atom stereocenters. The predicted molar refractivity (Wildman–Crippen MR) is 121 cm³/mol. The van der Waals surface area contributed by atoms with Crippen molar-refractivity contribution in [3.05, 3.63) is 47.0 Å². The second-order valence-corrected chi connectivity index (χ2v) is 9.11. The van der Waals surface area contributed by atoms with Crippen LogP contribution >= 0.6 is 0 Å². The Morgan fingerprint density at radius 3 is 2.81 bits per heavy atom. The average molecular weight is 490 g/mol. The number of aromatic nitrogens is 6. The van der Waals surface area contributed by atoms with E-state index in [-0.39, 0.29) is 48.2 Å². The quantitative estimate of drug-likeness (QED) is 0.400. The number of hydrogen-bond donors (Lipinski definition) is 3. The molecule has 2 saturated heterocycles. The number of benzene rings is 1. The molecule has 0 aliphatic carbocycles. The standard InChI is InChI=1S/C22H22N10O4/c23-22-25-18(27-28-22)11-5-6-30(8-11)21(36)15-10-32(29-26-15)13-1-2-14-12(7-13)9-31(20(14)35)16-3-4-17(33)24-19(16)34/h1-2,7,10-11,16H,3-6,8-9H2,(H,24,33,34)(H3,23,25,27,28). The van der Waals surface area contributed by atoms with Crippen LogP contribution in [0.25, 0.3) is 5.69 Å². The summed E-state index contributed by atoms with van der Waals surface area (Å²) in [5.74, 6) is -0.418. The smallest absolute Gasteiger partial charge is 0.276 e. The van der Waals surface area contributed by atoms with Gasteiger partial charge in [-0.05, 0) is 36.6 Å². The van der Waals surface area contributed by atoms with Crippen LogP contribution in [0.1, 0.15) is 57.4 Å². The molecular weight excluding hydrogens is 468 g/mol. The number of nitrogen functional groups attached to an aromatic ring is 1. The van der Waals surface area contributed by atoms with Crippen molar-refractivity contribution in [1.29, 1.82) is 0 Å². The van der Waals surface area contributed by atoms with Gasteiger partial charge in [-0.3, -0.25) is 29.6 Å². The van der Waals surface area contributed by atoms with Gasteiger partial charge in [0, 0.05) is 37.5 Å². The van der Waals surface area contributed by atoms with Crippen LogP contribution in [0.15, 0.2) is 24.4 Å². The number of nitrogens with one attached hydrogen (secondary N) is 2. The number of carbonyl (C=O) groups excluding carboxylic acids is 4. The molecule has 3 aliphatic heterocycles. The van der Waals surface area contributed by atoms with Crippen molar-refractivity contribution >= 4 is 29.6 Å². The number of nitrogens with two attached hydrogens (primary N) is 1. The van der Waals surface area contributed by atoms with E-state index in [1.54, 1.807) is 29.3 Å². The maximum absolute atomic E-state index is 13.0. The van der Waals surface area contributed by atoms with E-state index in [1.165, 1.54) is 9.58 Å². The van der Waals surface area contributed by atoms with Crippen molar-refractivity contribution in [2.24, 2.45) is 0 Å². The molecule has 2 fully saturated rings. The Kier molecular flexibility index (Phi) is 5.01. The number of piperidine rings is 1. The van der Waals surface area contributed by atoms with Gasteiger partial charge in [-0.25, -0.2) is 4.68 Å². The summed E-state index contributed by atoms with van der Waals surface area (Å²) in [4.78, 5) is 57.0. The van der Waals surface area contributed by atoms with Crippen LogP contribution in [-0.4, -0.2) is 82.7 Å². The third kappa shape index (κ3) is 3.66. The van der Waals surface area contributed by atoms with Crippen molar-refractivity contribution < 1.29 is 19.2 Å². The number of carbonyl (C=O) groups is 4. The highest BCUT2D eigenvalue weighted by molar-refractivity contribution is 6.05. The van der Waals surface area contributed by atoms with Crippen LogP contribution in [0, 0.1) is 0 Å². The normalized spacial score (nSPS) is 21.7. The van der Waals surface area contributed by atoms with Gasteiger partial charge in [0.05, 0.1) is 11.9 Å². The Bertz CT molecular complexity index is 1410. The van der Waals surface area contributed by atoms with E-state index < -0.39 is 11.9 Å². The average Bonchev–Trinajstić information content (AvgIpc) is 3.65. The first-order chi connectivity index (χ1) is 17.4. The summed E-state index contributed by atoms with van der Waals surface area (Å²) in [6.07, 6.45) is 2.78. The number of anilines is 1. The molecule has 2 atom stereocenters. The molecule has 14 nitrogen and oxygen atoms in total. The molecule has 0 radical (unpaired) electrons. The van der Waals surface area contributed by atoms with E-state index in [2.05, 4.69) is 30.8 Å². The van der Waals surface area contributed by atoms with E-state index in [0.717, 1.165) is 12.0 Å². The number of fused-ring (bicyclic) bond motifs is 1. The summed E-state index contributed by atoms with van der Waals surface area (Å²) < 4.78 is 1.48. The minimum Gasteiger partial charge on any atom is -0.367 e. The molecule has 0 bridgehead atoms. The van der Waals surface area contributed by atoms with Gasteiger partial charge in [-0.2, -0.15) is 4.98 Å². The summed E-state index contributed by atoms with van der Waals surface area (Å²) in [6.45, 7) is 1.27. The molecule has 3 aromatic rings. The lowest BCUT2D eigenvalue weighted by Gasteiger charge is -2.29. The number of likely N-dealkylation sites (tertiary alicyclic amines) is 1. The first kappa shape index (κ1) is 21.9. The maximum Gasteiger partial charge on any atom is 0.276 e. The van der Waals surface area contributed by atoms with Crippen molar-refractivity contribution in [2.45, 2.75) is 37.8 Å². The minimum absolute atomic E-state index is 0.0235. The van der Waals surface area contributed by atoms with Crippen molar-refractivity contribution in [3.63, 3.8) is 0 Å². The molecule has 4 N–H and O–H groups in total. The molecule has 3 aliphatic rings. The van der Waals surface area contributed by atoms with Crippen LogP contribution in [0.4, 0.5) is 5.95 Å². The third-order valence-corrected chi connectivity index (χ3v) is 6.87. The Morgan fingerprint density at radius 2 is 2.03 bits per heavy atom. The maximum atomic E-state index is 13.0. The van der Waals surface area contributed by atoms with E-state index in [9.17, 15) is 19.2 Å². The minimum atomic E-state index is -0.681. The van der Waals surface area contributed by atoms with Gasteiger partial charge < -0.3 is 15.5 Å². The number of H-pyrrole nitrogens is 1. The summed E-state index contributed by atoms with van der Waals surface area (Å²) >= 11 is 0. The fraction of sp³-hybridized carbons (Fsp3) is 0.364. The summed E-state index contributed by atoms with van der Waals surface area (Å²) in [7, 11) is 0. The molecule has 4 amide bonds. The fourth-order valence-corrected chi connectivity index (χ4v) is 4.99. The van der Waals surface area contributed by atoms with Gasteiger partial charge in [-0.1, -0.05) is 5.21 Å². The van der Waals surface area contributed by atoms with Crippen LogP contribution in [-0.2, 0) is 16.1 Å². The SMILES string of the molecule is Nc1n[nH]c(C2CCN(C(=O)c3cn(-c4ccc5c(c4)CN(C4CCC(=O)NC4=O)C5=O)nn3)C2)n1. The summed E-state index contributed by atoms with van der Waals surface area (Å²) in [5, 5.41) is 17.1. The van der Waals surface area contributed by atoms with Gasteiger partial charge >= 0.3 is 0 Å². The Labute approximate surface area is 203 Å². The molecule has 0 saturated carbocycles. The van der Waals surface area contributed by atoms with Crippen molar-refractivity contribution in [1.82, 2.24) is 45.3 Å². The molecule has 2 aromatic heterocycles. The zero-order valence-corrected chi connectivity index (χ0v) is 19.0. The number of amides is 4. The topological polar surface area (TPSA) is 185 Å². The van der Waals surface area contributed by atoms with E-state index >= 15 is 0 Å². The van der Waals surface area contributed by atoms with E-state index in [4.69, 9.17) is 5.73 Å². The highest BCUT2D eigenvalue weighted by Crippen LogP contribution is 2.29. The van der Waals surface area contributed by atoms with Gasteiger partial charge in [0.1, 0.15) is 11.9 Å². The second kappa shape index (κ2) is 8.25. The van der Waals surface area contributed by atoms with E-state index in [0.29, 0.717) is 36.6 Å². The Balaban J connectivity index is 1.16. The van der Waals surface area contributed by atoms with Gasteiger partial charge in [0.15, 0.2) is 5.69 Å². The third-order valence-electron chi connectivity index (χ3n) is 6.87. The molecule has 5 heterocycles. The van der Waals surface area contributed by atoms with Crippen LogP contribution in [0.2, 0.25) is 0 Å². The van der Waals surface area contributed by atoms with Crippen LogP contribution in [0.3, 0.4) is 0 Å². The van der Waals surface area contributed by atoms with Crippen molar-refractivity contribution in [3.8, 4) is 5.69 Å². The highest BCUT2D eigenvalue weighted by Gasteiger charge is 2.39. The highest BCUT2D eigenvalue weighted by atomic mass is 16.2. The van der Waals surface area contributed by atoms with Gasteiger partial charge in [0.2, 0.25) is 17.8 Å². The van der Waals surface area contributed by atoms with Crippen LogP contribution < -0.4 is 11.1 Å². The molecule has 36 heavy (non-hydrogen) atoms. The lowest BCUT2D eigenvalue weighted by atomic mass is 10.0. The van der Waals surface area contributed by atoms with E-state index in [1.807, 2.05) is 0 Å².